The van der Waals surface area contributed by atoms with Crippen LogP contribution in [0.2, 0.25) is 0 Å². The van der Waals surface area contributed by atoms with Crippen LogP contribution in [0.25, 0.3) is 11.3 Å². The van der Waals surface area contributed by atoms with Crippen LogP contribution in [-0.2, 0) is 11.3 Å². The molecule has 1 aromatic carbocycles. The van der Waals surface area contributed by atoms with E-state index in [1.807, 2.05) is 29.8 Å². The van der Waals surface area contributed by atoms with Gasteiger partial charge in [-0.3, -0.25) is 0 Å². The fourth-order valence-electron chi connectivity index (χ4n) is 2.75. The Morgan fingerprint density at radius 3 is 2.63 bits per heavy atom. The van der Waals surface area contributed by atoms with Crippen molar-refractivity contribution in [1.29, 1.82) is 0 Å². The Morgan fingerprint density at radius 2 is 2.00 bits per heavy atom. The number of rotatable bonds is 7. The molecule has 3 rings (SSSR count). The molecule has 0 spiro atoms. The van der Waals surface area contributed by atoms with Gasteiger partial charge in [0.25, 0.3) is 0 Å². The van der Waals surface area contributed by atoms with Crippen LogP contribution in [0.4, 0.5) is 16.0 Å². The molecule has 0 saturated heterocycles. The van der Waals surface area contributed by atoms with E-state index in [1.165, 1.54) is 13.3 Å². The summed E-state index contributed by atoms with van der Waals surface area (Å²) in [4.78, 5) is 8.38. The van der Waals surface area contributed by atoms with Crippen molar-refractivity contribution in [3.63, 3.8) is 0 Å². The fraction of sp³-hybridized carbons (Fsp3) is 0.316. The molecule has 1 unspecified atom stereocenters. The normalized spacial score (nSPS) is 12.2. The zero-order valence-corrected chi connectivity index (χ0v) is 17.6. The first-order valence-electron chi connectivity index (χ1n) is 8.55. The van der Waals surface area contributed by atoms with Crippen molar-refractivity contribution < 1.29 is 9.13 Å². The molecular formula is C19H21FIN5O. The van der Waals surface area contributed by atoms with Gasteiger partial charge in [-0.2, -0.15) is 5.10 Å². The van der Waals surface area contributed by atoms with Gasteiger partial charge in [-0.25, -0.2) is 19.0 Å². The Hall–Kier alpha value is -2.07. The molecule has 0 amide bonds. The van der Waals surface area contributed by atoms with Gasteiger partial charge in [-0.1, -0.05) is 24.3 Å². The average molecular weight is 481 g/mol. The third kappa shape index (κ3) is 4.62. The van der Waals surface area contributed by atoms with E-state index in [4.69, 9.17) is 9.84 Å². The number of hydrogen-bond acceptors (Lipinski definition) is 5. The molecule has 6 nitrogen and oxygen atoms in total. The number of nitrogens with one attached hydrogen (secondary N) is 1. The summed E-state index contributed by atoms with van der Waals surface area (Å²) >= 11 is 2.15. The topological polar surface area (TPSA) is 64.9 Å². The summed E-state index contributed by atoms with van der Waals surface area (Å²) in [5, 5.41) is 8.09. The van der Waals surface area contributed by atoms with Gasteiger partial charge < -0.3 is 10.1 Å². The van der Waals surface area contributed by atoms with Crippen LogP contribution in [0.5, 0.6) is 0 Å². The molecule has 0 bridgehead atoms. The Kier molecular flexibility index (Phi) is 6.38. The molecule has 0 aliphatic rings. The third-order valence-corrected chi connectivity index (χ3v) is 4.81. The molecule has 8 heteroatoms. The first kappa shape index (κ1) is 19.7. The quantitative estimate of drug-likeness (QED) is 0.393. The predicted molar refractivity (Wildman–Crippen MR) is 112 cm³/mol. The SMILES string of the molecule is COCCn1nc(-c2ccc(C(C)F)cc2)c(C)c1Nc1cc(I)ncn1. The molecule has 2 heterocycles. The van der Waals surface area contributed by atoms with Crippen LogP contribution in [0.1, 0.15) is 24.2 Å². The van der Waals surface area contributed by atoms with Gasteiger partial charge in [0.15, 0.2) is 0 Å². The lowest BCUT2D eigenvalue weighted by Crippen LogP contribution is -2.10. The number of aromatic nitrogens is 4. The van der Waals surface area contributed by atoms with Crippen LogP contribution in [0.15, 0.2) is 36.7 Å². The van der Waals surface area contributed by atoms with Crippen LogP contribution in [0.3, 0.4) is 0 Å². The van der Waals surface area contributed by atoms with Crippen molar-refractivity contribution in [2.75, 3.05) is 19.0 Å². The van der Waals surface area contributed by atoms with Crippen LogP contribution in [0, 0.1) is 10.6 Å². The highest BCUT2D eigenvalue weighted by molar-refractivity contribution is 14.1. The van der Waals surface area contributed by atoms with Gasteiger partial charge >= 0.3 is 0 Å². The molecule has 1 atom stereocenters. The molecule has 0 radical (unpaired) electrons. The Morgan fingerprint density at radius 1 is 1.26 bits per heavy atom. The van der Waals surface area contributed by atoms with E-state index in [2.05, 4.69) is 37.9 Å². The smallest absolute Gasteiger partial charge is 0.135 e. The van der Waals surface area contributed by atoms with E-state index in [0.717, 1.165) is 26.3 Å². The van der Waals surface area contributed by atoms with Crippen molar-refractivity contribution in [2.45, 2.75) is 26.6 Å². The van der Waals surface area contributed by atoms with Gasteiger partial charge in [0.2, 0.25) is 0 Å². The number of alkyl halides is 1. The Labute approximate surface area is 171 Å². The zero-order valence-electron chi connectivity index (χ0n) is 15.4. The maximum Gasteiger partial charge on any atom is 0.135 e. The summed E-state index contributed by atoms with van der Waals surface area (Å²) in [5.41, 5.74) is 3.42. The van der Waals surface area contributed by atoms with Crippen molar-refractivity contribution in [2.24, 2.45) is 0 Å². The maximum atomic E-state index is 13.5. The van der Waals surface area contributed by atoms with E-state index in [9.17, 15) is 4.39 Å². The minimum atomic E-state index is -0.989. The highest BCUT2D eigenvalue weighted by Gasteiger charge is 2.17. The summed E-state index contributed by atoms with van der Waals surface area (Å²) in [6, 6.07) is 9.27. The lowest BCUT2D eigenvalue weighted by atomic mass is 10.0. The first-order chi connectivity index (χ1) is 13.0. The summed E-state index contributed by atoms with van der Waals surface area (Å²) < 4.78 is 21.4. The van der Waals surface area contributed by atoms with Crippen molar-refractivity contribution in [3.8, 4) is 11.3 Å². The molecule has 142 valence electrons. The Bertz CT molecular complexity index is 911. The fourth-order valence-corrected chi connectivity index (χ4v) is 3.17. The first-order valence-corrected chi connectivity index (χ1v) is 9.62. The van der Waals surface area contributed by atoms with Crippen LogP contribution < -0.4 is 5.32 Å². The monoisotopic (exact) mass is 481 g/mol. The molecule has 27 heavy (non-hydrogen) atoms. The lowest BCUT2D eigenvalue weighted by Gasteiger charge is -2.10. The highest BCUT2D eigenvalue weighted by atomic mass is 127. The molecule has 0 aliphatic carbocycles. The molecule has 0 saturated carbocycles. The Balaban J connectivity index is 1.98. The van der Waals surface area contributed by atoms with E-state index < -0.39 is 6.17 Å². The van der Waals surface area contributed by atoms with Crippen molar-refractivity contribution in [1.82, 2.24) is 19.7 Å². The van der Waals surface area contributed by atoms with E-state index in [0.29, 0.717) is 24.5 Å². The summed E-state index contributed by atoms with van der Waals surface area (Å²) in [5.74, 6) is 1.55. The highest BCUT2D eigenvalue weighted by Crippen LogP contribution is 2.31. The number of hydrogen-bond donors (Lipinski definition) is 1. The molecule has 1 N–H and O–H groups in total. The molecule has 3 aromatic rings. The number of halogens is 2. The second-order valence-electron chi connectivity index (χ2n) is 6.13. The number of methoxy groups -OCH3 is 1. The molecule has 0 fully saturated rings. The molecule has 0 aliphatic heterocycles. The standard InChI is InChI=1S/C19H21FIN5O/c1-12-18(15-6-4-14(5-7-15)13(2)20)25-26(8-9-27-3)19(12)24-17-10-16(21)22-11-23-17/h4-7,10-11,13H,8-9H2,1-3H3,(H,22,23,24). The third-order valence-electron chi connectivity index (χ3n) is 4.22. The average Bonchev–Trinajstić information content (AvgIpc) is 2.96. The number of ether oxygens (including phenoxy) is 1. The molecule has 2 aromatic heterocycles. The zero-order chi connectivity index (χ0) is 19.4. The van der Waals surface area contributed by atoms with Gasteiger partial charge in [0, 0.05) is 24.3 Å². The van der Waals surface area contributed by atoms with E-state index in [1.54, 1.807) is 19.2 Å². The largest absolute Gasteiger partial charge is 0.383 e. The van der Waals surface area contributed by atoms with E-state index in [-0.39, 0.29) is 0 Å². The van der Waals surface area contributed by atoms with Gasteiger partial charge in [-0.05, 0) is 42.0 Å². The number of anilines is 2. The van der Waals surface area contributed by atoms with Crippen molar-refractivity contribution >= 4 is 34.2 Å². The predicted octanol–water partition coefficient (Wildman–Crippen LogP) is 4.67. The van der Waals surface area contributed by atoms with Crippen LogP contribution >= 0.6 is 22.6 Å². The summed E-state index contributed by atoms with van der Waals surface area (Å²) in [6.07, 6.45) is 0.532. The maximum absolute atomic E-state index is 13.5. The van der Waals surface area contributed by atoms with Gasteiger partial charge in [0.05, 0.1) is 18.8 Å². The van der Waals surface area contributed by atoms with Crippen LogP contribution in [-0.4, -0.2) is 33.5 Å². The lowest BCUT2D eigenvalue weighted by molar-refractivity contribution is 0.184. The van der Waals surface area contributed by atoms with Crippen molar-refractivity contribution in [3.05, 3.63) is 51.5 Å². The number of benzene rings is 1. The second kappa shape index (κ2) is 8.75. The molecular weight excluding hydrogens is 460 g/mol. The second-order valence-corrected chi connectivity index (χ2v) is 7.23. The minimum Gasteiger partial charge on any atom is -0.383 e. The minimum absolute atomic E-state index is 0.537. The van der Waals surface area contributed by atoms with E-state index >= 15 is 0 Å². The number of nitrogens with zero attached hydrogens (tertiary/aromatic N) is 4. The summed E-state index contributed by atoms with van der Waals surface area (Å²) in [7, 11) is 1.66. The summed E-state index contributed by atoms with van der Waals surface area (Å²) in [6.45, 7) is 4.67. The van der Waals surface area contributed by atoms with Gasteiger partial charge in [0.1, 0.15) is 27.8 Å². The van der Waals surface area contributed by atoms with Gasteiger partial charge in [-0.15, -0.1) is 0 Å².